The van der Waals surface area contributed by atoms with Gasteiger partial charge >= 0.3 is 0 Å². The molecule has 2 fully saturated rings. The Morgan fingerprint density at radius 1 is 1.43 bits per heavy atom. The molecule has 4 atom stereocenters. The van der Waals surface area contributed by atoms with Crippen molar-refractivity contribution in [3.63, 3.8) is 0 Å². The fourth-order valence-corrected chi connectivity index (χ4v) is 4.01. The first kappa shape index (κ1) is 14.4. The van der Waals surface area contributed by atoms with Crippen LogP contribution in [0.2, 0.25) is 0 Å². The van der Waals surface area contributed by atoms with Crippen molar-refractivity contribution >= 4 is 5.91 Å². The maximum Gasteiger partial charge on any atom is 0.258 e. The third-order valence-electron chi connectivity index (χ3n) is 4.99. The van der Waals surface area contributed by atoms with Gasteiger partial charge in [-0.25, -0.2) is 4.39 Å². The van der Waals surface area contributed by atoms with Gasteiger partial charge in [-0.05, 0) is 56.1 Å². The van der Waals surface area contributed by atoms with Crippen LogP contribution in [0.4, 0.5) is 4.39 Å². The van der Waals surface area contributed by atoms with Gasteiger partial charge in [0.25, 0.3) is 5.91 Å². The maximum absolute atomic E-state index is 13.0. The number of hydrogen-bond acceptors (Lipinski definition) is 2. The second kappa shape index (κ2) is 6.04. The van der Waals surface area contributed by atoms with E-state index in [1.807, 2.05) is 0 Å². The van der Waals surface area contributed by atoms with E-state index in [0.717, 1.165) is 11.8 Å². The van der Waals surface area contributed by atoms with E-state index in [4.69, 9.17) is 4.74 Å². The van der Waals surface area contributed by atoms with Crippen molar-refractivity contribution < 1.29 is 13.9 Å². The molecule has 0 aliphatic heterocycles. The van der Waals surface area contributed by atoms with Gasteiger partial charge in [-0.15, -0.1) is 0 Å². The van der Waals surface area contributed by atoms with Crippen molar-refractivity contribution in [2.24, 2.45) is 17.8 Å². The van der Waals surface area contributed by atoms with Gasteiger partial charge < -0.3 is 10.1 Å². The average molecular weight is 291 g/mol. The number of nitrogens with one attached hydrogen (secondary N) is 1. The third-order valence-corrected chi connectivity index (χ3v) is 4.99. The van der Waals surface area contributed by atoms with Crippen molar-refractivity contribution in [1.29, 1.82) is 0 Å². The Labute approximate surface area is 124 Å². The van der Waals surface area contributed by atoms with Crippen LogP contribution in [0.3, 0.4) is 0 Å². The van der Waals surface area contributed by atoms with Gasteiger partial charge in [0.05, 0.1) is 0 Å². The van der Waals surface area contributed by atoms with Crippen LogP contribution >= 0.6 is 0 Å². The summed E-state index contributed by atoms with van der Waals surface area (Å²) < 4.78 is 18.3. The van der Waals surface area contributed by atoms with E-state index in [0.29, 0.717) is 11.7 Å². The van der Waals surface area contributed by atoms with Gasteiger partial charge in [-0.3, -0.25) is 4.79 Å². The molecule has 0 radical (unpaired) electrons. The van der Waals surface area contributed by atoms with Crippen LogP contribution in [0, 0.1) is 23.6 Å². The van der Waals surface area contributed by atoms with Crippen molar-refractivity contribution in [3.8, 4) is 5.75 Å². The quantitative estimate of drug-likeness (QED) is 0.905. The van der Waals surface area contributed by atoms with Gasteiger partial charge in [-0.1, -0.05) is 12.5 Å². The van der Waals surface area contributed by atoms with Crippen LogP contribution in [0.15, 0.2) is 24.3 Å². The number of ether oxygens (including phenoxy) is 1. The smallest absolute Gasteiger partial charge is 0.258 e. The Hall–Kier alpha value is -1.58. The zero-order chi connectivity index (χ0) is 14.8. The molecule has 2 saturated carbocycles. The Balaban J connectivity index is 1.46. The average Bonchev–Trinajstić information content (AvgIpc) is 3.08. The number of carbonyl (C=O) groups is 1. The van der Waals surface area contributed by atoms with Gasteiger partial charge in [0.1, 0.15) is 11.6 Å². The number of rotatable bonds is 5. The second-order valence-corrected chi connectivity index (χ2v) is 6.44. The summed E-state index contributed by atoms with van der Waals surface area (Å²) >= 11 is 0. The Morgan fingerprint density at radius 2 is 2.29 bits per heavy atom. The summed E-state index contributed by atoms with van der Waals surface area (Å²) in [6.45, 7) is 2.03. The lowest BCUT2D eigenvalue weighted by molar-refractivity contribution is -0.124. The minimum absolute atomic E-state index is 0.0609. The number of amides is 1. The molecule has 0 aromatic heterocycles. The predicted octanol–water partition coefficient (Wildman–Crippen LogP) is 3.15. The van der Waals surface area contributed by atoms with Crippen LogP contribution in [0.5, 0.6) is 5.75 Å². The Bertz CT molecular complexity index is 519. The minimum atomic E-state index is -0.358. The molecule has 1 aromatic rings. The molecule has 0 heterocycles. The SMILES string of the molecule is C[C@@H](NC(=O)COc1cccc(F)c1)[C@@H]1C[C@@H]2CC[C@@H]1C2. The first-order valence-corrected chi connectivity index (χ1v) is 7.79. The molecular formula is C17H22FNO2. The largest absolute Gasteiger partial charge is 0.484 e. The van der Waals surface area contributed by atoms with E-state index in [1.54, 1.807) is 12.1 Å². The molecule has 1 amide bonds. The highest BCUT2D eigenvalue weighted by atomic mass is 19.1. The van der Waals surface area contributed by atoms with Gasteiger partial charge in [0.15, 0.2) is 6.61 Å². The summed E-state index contributed by atoms with van der Waals surface area (Å²) in [6.07, 6.45) is 5.27. The van der Waals surface area contributed by atoms with Crippen LogP contribution < -0.4 is 10.1 Å². The summed E-state index contributed by atoms with van der Waals surface area (Å²) in [4.78, 5) is 11.9. The lowest BCUT2D eigenvalue weighted by atomic mass is 9.84. The van der Waals surface area contributed by atoms with Crippen molar-refractivity contribution in [2.75, 3.05) is 6.61 Å². The van der Waals surface area contributed by atoms with E-state index < -0.39 is 0 Å². The molecule has 4 heteroatoms. The summed E-state index contributed by atoms with van der Waals surface area (Å²) in [6, 6.07) is 6.05. The summed E-state index contributed by atoms with van der Waals surface area (Å²) in [5, 5.41) is 3.03. The number of benzene rings is 1. The van der Waals surface area contributed by atoms with E-state index >= 15 is 0 Å². The number of carbonyl (C=O) groups excluding carboxylic acids is 1. The van der Waals surface area contributed by atoms with E-state index in [2.05, 4.69) is 12.2 Å². The highest BCUT2D eigenvalue weighted by molar-refractivity contribution is 5.77. The summed E-state index contributed by atoms with van der Waals surface area (Å²) in [5.74, 6) is 2.18. The molecule has 114 valence electrons. The van der Waals surface area contributed by atoms with Crippen LogP contribution in [0.25, 0.3) is 0 Å². The molecule has 2 aliphatic carbocycles. The first-order valence-electron chi connectivity index (χ1n) is 7.79. The monoisotopic (exact) mass is 291 g/mol. The molecule has 2 bridgehead atoms. The van der Waals surface area contributed by atoms with Crippen LogP contribution in [-0.2, 0) is 4.79 Å². The van der Waals surface area contributed by atoms with Gasteiger partial charge in [0, 0.05) is 12.1 Å². The van der Waals surface area contributed by atoms with E-state index in [-0.39, 0.29) is 24.4 Å². The molecular weight excluding hydrogens is 269 g/mol. The van der Waals surface area contributed by atoms with Gasteiger partial charge in [-0.2, -0.15) is 0 Å². The lowest BCUT2D eigenvalue weighted by Gasteiger charge is -2.28. The molecule has 21 heavy (non-hydrogen) atoms. The number of halogens is 1. The lowest BCUT2D eigenvalue weighted by Crippen LogP contribution is -2.42. The third kappa shape index (κ3) is 3.36. The highest BCUT2D eigenvalue weighted by Crippen LogP contribution is 2.49. The van der Waals surface area contributed by atoms with Crippen LogP contribution in [0.1, 0.15) is 32.6 Å². The molecule has 3 rings (SSSR count). The molecule has 2 aliphatic rings. The van der Waals surface area contributed by atoms with Gasteiger partial charge in [0.2, 0.25) is 0 Å². The summed E-state index contributed by atoms with van der Waals surface area (Å²) in [5.41, 5.74) is 0. The highest BCUT2D eigenvalue weighted by Gasteiger charge is 2.42. The predicted molar refractivity (Wildman–Crippen MR) is 78.4 cm³/mol. The molecule has 1 N–H and O–H groups in total. The van der Waals surface area contributed by atoms with Crippen LogP contribution in [-0.4, -0.2) is 18.6 Å². The zero-order valence-corrected chi connectivity index (χ0v) is 12.3. The summed E-state index contributed by atoms with van der Waals surface area (Å²) in [7, 11) is 0. The topological polar surface area (TPSA) is 38.3 Å². The molecule has 0 unspecified atom stereocenters. The second-order valence-electron chi connectivity index (χ2n) is 6.44. The molecule has 0 spiro atoms. The standard InChI is InChI=1S/C17H22FNO2/c1-11(16-8-12-5-6-13(16)7-12)19-17(20)10-21-15-4-2-3-14(18)9-15/h2-4,9,11-13,16H,5-8,10H2,1H3,(H,19,20)/t11-,12-,13-,16+/m1/s1. The first-order chi connectivity index (χ1) is 10.1. The zero-order valence-electron chi connectivity index (χ0n) is 12.3. The maximum atomic E-state index is 13.0. The number of hydrogen-bond donors (Lipinski definition) is 1. The molecule has 1 aromatic carbocycles. The Kier molecular flexibility index (Phi) is 4.13. The minimum Gasteiger partial charge on any atom is -0.484 e. The number of fused-ring (bicyclic) bond motifs is 2. The van der Waals surface area contributed by atoms with E-state index in [9.17, 15) is 9.18 Å². The van der Waals surface area contributed by atoms with Crippen molar-refractivity contribution in [3.05, 3.63) is 30.1 Å². The normalized spacial score (nSPS) is 28.4. The molecule has 3 nitrogen and oxygen atoms in total. The molecule has 0 saturated heterocycles. The van der Waals surface area contributed by atoms with Crippen molar-refractivity contribution in [1.82, 2.24) is 5.32 Å². The Morgan fingerprint density at radius 3 is 2.95 bits per heavy atom. The fourth-order valence-electron chi connectivity index (χ4n) is 4.01. The van der Waals surface area contributed by atoms with E-state index in [1.165, 1.54) is 37.8 Å². The fraction of sp³-hybridized carbons (Fsp3) is 0.588. The van der Waals surface area contributed by atoms with Crippen molar-refractivity contribution in [2.45, 2.75) is 38.6 Å².